The molecule has 74 valence electrons. The van der Waals surface area contributed by atoms with Crippen LogP contribution in [0.2, 0.25) is 0 Å². The second-order valence-electron chi connectivity index (χ2n) is 2.35. The maximum absolute atomic E-state index is 8.33. The molecule has 13 heavy (non-hydrogen) atoms. The molecule has 0 amide bonds. The lowest BCUT2D eigenvalue weighted by atomic mass is 10.3. The van der Waals surface area contributed by atoms with E-state index in [1.54, 1.807) is 0 Å². The highest BCUT2D eigenvalue weighted by Crippen LogP contribution is 1.94. The van der Waals surface area contributed by atoms with Crippen LogP contribution >= 0.6 is 24.0 Å². The maximum atomic E-state index is 8.33. The first-order chi connectivity index (χ1) is 5.85. The monoisotopic (exact) mass is 221 g/mol. The van der Waals surface area contributed by atoms with Crippen LogP contribution in [0.15, 0.2) is 0 Å². The van der Waals surface area contributed by atoms with Gasteiger partial charge >= 0.3 is 0 Å². The van der Waals surface area contributed by atoms with Crippen molar-refractivity contribution in [1.29, 1.82) is 10.5 Å². The van der Waals surface area contributed by atoms with Crippen molar-refractivity contribution in [2.24, 2.45) is 0 Å². The fraction of sp³-hybridized carbons (Fsp3) is 0.750. The molecule has 0 radical (unpaired) electrons. The quantitative estimate of drug-likeness (QED) is 0.643. The molecule has 0 heterocycles. The molecule has 0 aromatic carbocycles. The van der Waals surface area contributed by atoms with Crippen molar-refractivity contribution in [2.75, 3.05) is 25.5 Å². The van der Waals surface area contributed by atoms with E-state index in [9.17, 15) is 0 Å². The van der Waals surface area contributed by atoms with Crippen molar-refractivity contribution < 1.29 is 0 Å². The summed E-state index contributed by atoms with van der Waals surface area (Å²) in [6.45, 7) is 2.18. The zero-order valence-corrected chi connectivity index (χ0v) is 8.94. The molecule has 0 aliphatic rings. The number of rotatable bonds is 6. The number of nitriles is 2. The third-order valence-electron chi connectivity index (χ3n) is 1.48. The van der Waals surface area contributed by atoms with Crippen LogP contribution in [0.5, 0.6) is 0 Å². The highest BCUT2D eigenvalue weighted by molar-refractivity contribution is 6.18. The van der Waals surface area contributed by atoms with E-state index in [1.807, 2.05) is 4.90 Å². The summed E-state index contributed by atoms with van der Waals surface area (Å²) in [5.74, 6) is 0.552. The van der Waals surface area contributed by atoms with Gasteiger partial charge in [0.1, 0.15) is 0 Å². The van der Waals surface area contributed by atoms with E-state index in [-0.39, 0.29) is 12.4 Å². The normalized spacial score (nSPS) is 8.62. The molecule has 0 bridgehead atoms. The first-order valence-corrected chi connectivity index (χ1v) is 4.40. The molecule has 0 aromatic heterocycles. The fourth-order valence-corrected chi connectivity index (χ4v) is 1.11. The van der Waals surface area contributed by atoms with E-state index < -0.39 is 0 Å². The molecule has 0 saturated carbocycles. The van der Waals surface area contributed by atoms with Crippen molar-refractivity contribution >= 4 is 24.0 Å². The van der Waals surface area contributed by atoms with Gasteiger partial charge in [0.05, 0.1) is 12.1 Å². The molecule has 3 nitrogen and oxygen atoms in total. The Morgan fingerprint density at radius 2 is 1.46 bits per heavy atom. The Labute approximate surface area is 90.3 Å². The summed E-state index contributed by atoms with van der Waals surface area (Å²) >= 11 is 5.55. The van der Waals surface area contributed by atoms with Crippen LogP contribution in [0.25, 0.3) is 0 Å². The predicted octanol–water partition coefficient (Wildman–Crippen LogP) is 1.78. The van der Waals surface area contributed by atoms with Gasteiger partial charge < -0.3 is 4.90 Å². The van der Waals surface area contributed by atoms with Gasteiger partial charge in [-0.3, -0.25) is 0 Å². The smallest absolute Gasteiger partial charge is 0.0635 e. The Bertz CT molecular complexity index is 165. The van der Waals surface area contributed by atoms with Gasteiger partial charge in [-0.25, -0.2) is 0 Å². The van der Waals surface area contributed by atoms with Gasteiger partial charge in [0, 0.05) is 38.4 Å². The van der Waals surface area contributed by atoms with E-state index in [2.05, 4.69) is 12.1 Å². The van der Waals surface area contributed by atoms with Gasteiger partial charge in [-0.2, -0.15) is 10.5 Å². The minimum atomic E-state index is 0. The van der Waals surface area contributed by atoms with Crippen molar-refractivity contribution in [1.82, 2.24) is 4.90 Å². The van der Waals surface area contributed by atoms with Gasteiger partial charge in [-0.1, -0.05) is 0 Å². The van der Waals surface area contributed by atoms with Crippen LogP contribution < -0.4 is 0 Å². The average molecular weight is 222 g/mol. The SMILES string of the molecule is Cl.N#CCCN(CCCl)CCC#N. The summed E-state index contributed by atoms with van der Waals surface area (Å²) in [7, 11) is 0. The molecular formula is C8H13Cl2N3. The summed E-state index contributed by atoms with van der Waals surface area (Å²) in [6.07, 6.45) is 1.00. The fourth-order valence-electron chi connectivity index (χ4n) is 0.871. The maximum Gasteiger partial charge on any atom is 0.0635 e. The Kier molecular flexibility index (Phi) is 13.3. The average Bonchev–Trinajstić information content (AvgIpc) is 2.10. The number of nitrogens with zero attached hydrogens (tertiary/aromatic N) is 3. The molecule has 0 saturated heterocycles. The van der Waals surface area contributed by atoms with Gasteiger partial charge in [-0.05, 0) is 0 Å². The molecule has 0 N–H and O–H groups in total. The van der Waals surface area contributed by atoms with E-state index in [0.717, 1.165) is 6.54 Å². The third-order valence-corrected chi connectivity index (χ3v) is 1.65. The Hall–Kier alpha value is -0.480. The van der Waals surface area contributed by atoms with Crippen molar-refractivity contribution in [3.05, 3.63) is 0 Å². The van der Waals surface area contributed by atoms with E-state index >= 15 is 0 Å². The molecular weight excluding hydrogens is 209 g/mol. The molecule has 0 aliphatic carbocycles. The zero-order valence-electron chi connectivity index (χ0n) is 7.37. The van der Waals surface area contributed by atoms with Crippen LogP contribution in [0.1, 0.15) is 12.8 Å². The van der Waals surface area contributed by atoms with E-state index in [1.165, 1.54) is 0 Å². The third kappa shape index (κ3) is 9.43. The lowest BCUT2D eigenvalue weighted by Crippen LogP contribution is -2.27. The van der Waals surface area contributed by atoms with Gasteiger partial charge in [0.15, 0.2) is 0 Å². The van der Waals surface area contributed by atoms with Gasteiger partial charge in [0.25, 0.3) is 0 Å². The lowest BCUT2D eigenvalue weighted by Gasteiger charge is -2.17. The first kappa shape index (κ1) is 15.0. The summed E-state index contributed by atoms with van der Waals surface area (Å²) in [4.78, 5) is 2.03. The summed E-state index contributed by atoms with van der Waals surface area (Å²) < 4.78 is 0. The number of hydrogen-bond donors (Lipinski definition) is 0. The van der Waals surface area contributed by atoms with Crippen LogP contribution in [0, 0.1) is 22.7 Å². The Balaban J connectivity index is 0. The van der Waals surface area contributed by atoms with Gasteiger partial charge in [-0.15, -0.1) is 24.0 Å². The Morgan fingerprint density at radius 3 is 1.77 bits per heavy atom. The number of halogens is 2. The Morgan fingerprint density at radius 1 is 1.00 bits per heavy atom. The van der Waals surface area contributed by atoms with E-state index in [4.69, 9.17) is 22.1 Å². The standard InChI is InChI=1S/C8H12ClN3.ClH/c9-3-8-12(6-1-4-10)7-2-5-11;/h1-3,6-8H2;1H. The van der Waals surface area contributed by atoms with Crippen LogP contribution in [0.4, 0.5) is 0 Å². The van der Waals surface area contributed by atoms with Gasteiger partial charge in [0.2, 0.25) is 0 Å². The predicted molar refractivity (Wildman–Crippen MR) is 54.9 cm³/mol. The minimum Gasteiger partial charge on any atom is -0.300 e. The molecule has 0 atom stereocenters. The molecule has 0 unspecified atom stereocenters. The van der Waals surface area contributed by atoms with Crippen molar-refractivity contribution in [3.63, 3.8) is 0 Å². The summed E-state index contributed by atoms with van der Waals surface area (Å²) in [6, 6.07) is 4.13. The second-order valence-corrected chi connectivity index (χ2v) is 2.72. The number of alkyl halides is 1. The molecule has 0 fully saturated rings. The van der Waals surface area contributed by atoms with Crippen LogP contribution in [-0.4, -0.2) is 30.4 Å². The number of hydrogen-bond acceptors (Lipinski definition) is 3. The molecule has 5 heteroatoms. The highest BCUT2D eigenvalue weighted by Gasteiger charge is 2.01. The molecule has 0 aromatic rings. The largest absolute Gasteiger partial charge is 0.300 e. The van der Waals surface area contributed by atoms with Crippen molar-refractivity contribution in [2.45, 2.75) is 12.8 Å². The summed E-state index contributed by atoms with van der Waals surface area (Å²) in [5.41, 5.74) is 0. The summed E-state index contributed by atoms with van der Waals surface area (Å²) in [5, 5.41) is 16.7. The molecule has 0 rings (SSSR count). The van der Waals surface area contributed by atoms with Crippen LogP contribution in [0.3, 0.4) is 0 Å². The highest BCUT2D eigenvalue weighted by atomic mass is 35.5. The zero-order chi connectivity index (χ0) is 9.23. The topological polar surface area (TPSA) is 50.8 Å². The van der Waals surface area contributed by atoms with Crippen molar-refractivity contribution in [3.8, 4) is 12.1 Å². The lowest BCUT2D eigenvalue weighted by molar-refractivity contribution is 0.303. The van der Waals surface area contributed by atoms with Crippen LogP contribution in [-0.2, 0) is 0 Å². The molecule has 0 spiro atoms. The first-order valence-electron chi connectivity index (χ1n) is 3.87. The minimum absolute atomic E-state index is 0. The molecule has 0 aliphatic heterocycles. The second kappa shape index (κ2) is 11.5. The van der Waals surface area contributed by atoms with E-state index in [0.29, 0.717) is 31.8 Å².